The zero-order valence-electron chi connectivity index (χ0n) is 25.0. The van der Waals surface area contributed by atoms with E-state index < -0.39 is 41.7 Å². The van der Waals surface area contributed by atoms with Crippen LogP contribution in [0.2, 0.25) is 0 Å². The summed E-state index contributed by atoms with van der Waals surface area (Å²) in [5.74, 6) is -1.82. The molecule has 0 saturated carbocycles. The van der Waals surface area contributed by atoms with Crippen molar-refractivity contribution in [1.82, 2.24) is 30.6 Å². The van der Waals surface area contributed by atoms with Gasteiger partial charge in [0.2, 0.25) is 17.7 Å². The third-order valence-electron chi connectivity index (χ3n) is 7.28. The van der Waals surface area contributed by atoms with Crippen molar-refractivity contribution in [3.63, 3.8) is 0 Å². The average molecular weight is 645 g/mol. The number of ether oxygens (including phenoxy) is 1. The van der Waals surface area contributed by atoms with Crippen molar-refractivity contribution >= 4 is 23.6 Å². The van der Waals surface area contributed by atoms with Gasteiger partial charge in [0.1, 0.15) is 30.2 Å². The van der Waals surface area contributed by atoms with E-state index in [9.17, 15) is 37.5 Å². The summed E-state index contributed by atoms with van der Waals surface area (Å²) in [5, 5.41) is 21.2. The Balaban J connectivity index is 1.47. The molecular formula is C31H35F3N6O6. The predicted octanol–water partition coefficient (Wildman–Crippen LogP) is 2.27. The number of aromatic nitrogens is 2. The zero-order chi connectivity index (χ0) is 33.3. The fourth-order valence-electron chi connectivity index (χ4n) is 4.78. The molecule has 1 aliphatic rings. The fourth-order valence-corrected chi connectivity index (χ4v) is 4.78. The van der Waals surface area contributed by atoms with Gasteiger partial charge in [-0.2, -0.15) is 18.3 Å². The number of alkyl halides is 3. The summed E-state index contributed by atoms with van der Waals surface area (Å²) in [7, 11) is 1.57. The van der Waals surface area contributed by atoms with E-state index in [0.29, 0.717) is 5.56 Å². The molecule has 0 aliphatic carbocycles. The number of nitrogens with zero attached hydrogens (tertiary/aromatic N) is 3. The molecule has 0 unspecified atom stereocenters. The number of hydrogen-bond donors (Lipinski definition) is 4. The van der Waals surface area contributed by atoms with Gasteiger partial charge < -0.3 is 30.7 Å². The van der Waals surface area contributed by atoms with Crippen LogP contribution < -0.4 is 20.7 Å². The molecule has 0 fully saturated rings. The number of para-hydroxylation sites is 1. The number of carbonyl (C=O) groups is 4. The predicted molar refractivity (Wildman–Crippen MR) is 159 cm³/mol. The second kappa shape index (κ2) is 15.3. The molecule has 1 aliphatic heterocycles. The summed E-state index contributed by atoms with van der Waals surface area (Å²) in [5.41, 5.74) is -0.170. The molecule has 4 amide bonds. The van der Waals surface area contributed by atoms with Gasteiger partial charge in [-0.05, 0) is 48.7 Å². The van der Waals surface area contributed by atoms with Crippen molar-refractivity contribution in [3.8, 4) is 11.5 Å². The Morgan fingerprint density at radius 3 is 2.54 bits per heavy atom. The summed E-state index contributed by atoms with van der Waals surface area (Å²) in [6, 6.07) is 11.4. The van der Waals surface area contributed by atoms with Crippen LogP contribution in [-0.2, 0) is 33.5 Å². The number of carbonyl (C=O) groups excluding carboxylic acids is 4. The number of hydrogen-bond acceptors (Lipinski definition) is 7. The first-order valence-corrected chi connectivity index (χ1v) is 14.6. The normalized spacial score (nSPS) is 18.3. The van der Waals surface area contributed by atoms with Crippen LogP contribution >= 0.6 is 0 Å². The Labute approximate surface area is 262 Å². The third kappa shape index (κ3) is 9.46. The molecule has 3 aromatic rings. The maximum atomic E-state index is 13.4. The number of rotatable bonds is 7. The SMILES string of the molecule is CN1CCOc2ccccc2C(=O)N[C@H](C(=O)NCCCn2ccc(C(F)(F)F)n2)CCC(=O)N[C@@H](Cc2ccc(O)cc2)C1=O. The molecule has 4 N–H and O–H groups in total. The summed E-state index contributed by atoms with van der Waals surface area (Å²) < 4.78 is 45.4. The van der Waals surface area contributed by atoms with E-state index in [4.69, 9.17) is 4.74 Å². The van der Waals surface area contributed by atoms with E-state index in [1.807, 2.05) is 0 Å². The first-order chi connectivity index (χ1) is 21.9. The highest BCUT2D eigenvalue weighted by molar-refractivity contribution is 5.99. The first kappa shape index (κ1) is 33.8. The Morgan fingerprint density at radius 2 is 1.83 bits per heavy atom. The Kier molecular flexibility index (Phi) is 11.2. The van der Waals surface area contributed by atoms with Gasteiger partial charge in [0.15, 0.2) is 5.69 Å². The van der Waals surface area contributed by atoms with Crippen molar-refractivity contribution in [3.05, 3.63) is 77.6 Å². The van der Waals surface area contributed by atoms with Crippen molar-refractivity contribution in [2.45, 2.75) is 50.5 Å². The van der Waals surface area contributed by atoms with Gasteiger partial charge in [0, 0.05) is 39.2 Å². The zero-order valence-corrected chi connectivity index (χ0v) is 25.0. The van der Waals surface area contributed by atoms with Crippen LogP contribution in [0.25, 0.3) is 0 Å². The van der Waals surface area contributed by atoms with E-state index in [2.05, 4.69) is 21.0 Å². The van der Waals surface area contributed by atoms with Crippen LogP contribution in [0, 0.1) is 0 Å². The first-order valence-electron chi connectivity index (χ1n) is 14.6. The van der Waals surface area contributed by atoms with Crippen LogP contribution in [0.5, 0.6) is 11.5 Å². The number of benzene rings is 2. The number of halogens is 3. The lowest BCUT2D eigenvalue weighted by atomic mass is 10.0. The van der Waals surface area contributed by atoms with E-state index in [1.54, 1.807) is 37.4 Å². The molecule has 2 aromatic carbocycles. The lowest BCUT2D eigenvalue weighted by molar-refractivity contribution is -0.141. The molecule has 0 radical (unpaired) electrons. The summed E-state index contributed by atoms with van der Waals surface area (Å²) in [4.78, 5) is 54.3. The second-order valence-electron chi connectivity index (χ2n) is 10.8. The molecule has 15 heteroatoms. The minimum atomic E-state index is -4.56. The van der Waals surface area contributed by atoms with Crippen LogP contribution in [-0.4, -0.2) is 82.2 Å². The van der Waals surface area contributed by atoms with Crippen LogP contribution in [0.4, 0.5) is 13.2 Å². The quantitative estimate of drug-likeness (QED) is 0.288. The molecule has 0 bridgehead atoms. The van der Waals surface area contributed by atoms with Crippen molar-refractivity contribution in [1.29, 1.82) is 0 Å². The van der Waals surface area contributed by atoms with E-state index in [-0.39, 0.29) is 74.9 Å². The van der Waals surface area contributed by atoms with Gasteiger partial charge in [-0.1, -0.05) is 24.3 Å². The van der Waals surface area contributed by atoms with Gasteiger partial charge in [0.25, 0.3) is 5.91 Å². The third-order valence-corrected chi connectivity index (χ3v) is 7.28. The Morgan fingerprint density at radius 1 is 1.09 bits per heavy atom. The number of likely N-dealkylation sites (N-methyl/N-ethyl adjacent to an activating group) is 1. The van der Waals surface area contributed by atoms with Crippen LogP contribution in [0.15, 0.2) is 60.8 Å². The Bertz CT molecular complexity index is 1530. The molecule has 0 saturated heterocycles. The van der Waals surface area contributed by atoms with Crippen molar-refractivity contribution < 1.29 is 42.2 Å². The van der Waals surface area contributed by atoms with E-state index in [0.717, 1.165) is 10.7 Å². The van der Waals surface area contributed by atoms with Crippen LogP contribution in [0.3, 0.4) is 0 Å². The Hall–Kier alpha value is -5.08. The lowest BCUT2D eigenvalue weighted by Crippen LogP contribution is -2.50. The summed E-state index contributed by atoms with van der Waals surface area (Å²) >= 11 is 0. The largest absolute Gasteiger partial charge is 0.508 e. The van der Waals surface area contributed by atoms with Gasteiger partial charge in [-0.3, -0.25) is 23.9 Å². The maximum Gasteiger partial charge on any atom is 0.435 e. The second-order valence-corrected chi connectivity index (χ2v) is 10.8. The van der Waals surface area contributed by atoms with Crippen molar-refractivity contribution in [2.75, 3.05) is 26.7 Å². The minimum absolute atomic E-state index is 0.0387. The maximum absolute atomic E-state index is 13.4. The number of phenols is 1. The molecule has 46 heavy (non-hydrogen) atoms. The molecule has 0 spiro atoms. The van der Waals surface area contributed by atoms with Crippen LogP contribution in [0.1, 0.15) is 40.9 Å². The monoisotopic (exact) mass is 644 g/mol. The molecule has 12 nitrogen and oxygen atoms in total. The summed E-state index contributed by atoms with van der Waals surface area (Å²) in [6.07, 6.45) is -3.31. The number of aromatic hydroxyl groups is 1. The highest BCUT2D eigenvalue weighted by Gasteiger charge is 2.33. The van der Waals surface area contributed by atoms with Crippen molar-refractivity contribution in [2.24, 2.45) is 0 Å². The van der Waals surface area contributed by atoms with Gasteiger partial charge in [0.05, 0.1) is 12.1 Å². The molecule has 2 atom stereocenters. The number of aryl methyl sites for hydroxylation is 1. The van der Waals surface area contributed by atoms with Gasteiger partial charge >= 0.3 is 6.18 Å². The standard InChI is InChI=1S/C31H35F3N6O6/c1-39-17-18-46-25-6-3-2-5-22(25)28(43)37-23(29(44)35-14-4-15-40-16-13-26(38-40)31(32,33)34)11-12-27(42)36-24(30(39)45)19-20-7-9-21(41)10-8-20/h2-3,5-10,13,16,23-24,41H,4,11-12,14-15,17-19H2,1H3,(H,35,44)(H,36,42)(H,37,43)/t23-,24-/m0/s1. The molecule has 4 rings (SSSR count). The van der Waals surface area contributed by atoms with E-state index in [1.165, 1.54) is 29.3 Å². The number of amides is 4. The van der Waals surface area contributed by atoms with Gasteiger partial charge in [-0.15, -0.1) is 0 Å². The highest BCUT2D eigenvalue weighted by Crippen LogP contribution is 2.27. The van der Waals surface area contributed by atoms with Gasteiger partial charge in [-0.25, -0.2) is 0 Å². The molecule has 2 heterocycles. The minimum Gasteiger partial charge on any atom is -0.508 e. The lowest BCUT2D eigenvalue weighted by Gasteiger charge is -2.25. The highest BCUT2D eigenvalue weighted by atomic mass is 19.4. The average Bonchev–Trinajstić information content (AvgIpc) is 3.51. The molecular weight excluding hydrogens is 609 g/mol. The number of phenolic OH excluding ortho intramolecular Hbond substituents is 1. The molecule has 246 valence electrons. The smallest absolute Gasteiger partial charge is 0.435 e. The van der Waals surface area contributed by atoms with E-state index >= 15 is 0 Å². The fraction of sp³-hybridized carbons (Fsp3) is 0.387. The topological polar surface area (TPSA) is 155 Å². The number of fused-ring (bicyclic) bond motifs is 1. The molecule has 1 aromatic heterocycles. The number of nitrogens with one attached hydrogen (secondary N) is 3. The summed E-state index contributed by atoms with van der Waals surface area (Å²) in [6.45, 7) is 0.355.